The normalized spacial score (nSPS) is 10.8. The minimum Gasteiger partial charge on any atom is -0.495 e. The van der Waals surface area contributed by atoms with Crippen LogP contribution in [0.15, 0.2) is 65.1 Å². The molecule has 2 amide bonds. The Balaban J connectivity index is 1.79. The van der Waals surface area contributed by atoms with Crippen LogP contribution in [0, 0.1) is 5.82 Å². The quantitative estimate of drug-likeness (QED) is 0.370. The number of methoxy groups -OCH3 is 1. The second kappa shape index (κ2) is 10.5. The molecule has 0 atom stereocenters. The molecule has 0 aliphatic heterocycles. The topological polar surface area (TPSA) is 107 Å². The largest absolute Gasteiger partial charge is 0.495 e. The van der Waals surface area contributed by atoms with Crippen molar-refractivity contribution >= 4 is 28.5 Å². The van der Waals surface area contributed by atoms with E-state index in [0.29, 0.717) is 57.3 Å². The number of anilines is 1. The van der Waals surface area contributed by atoms with Crippen molar-refractivity contribution < 1.29 is 27.9 Å². The Labute approximate surface area is 207 Å². The number of nitrogens with two attached hydrogens (primary N) is 1. The summed E-state index contributed by atoms with van der Waals surface area (Å²) in [5, 5.41) is 3.19. The highest BCUT2D eigenvalue weighted by atomic mass is 19.1. The first-order valence-electron chi connectivity index (χ1n) is 11.2. The molecule has 4 aromatic rings. The molecule has 0 saturated heterocycles. The molecule has 0 unspecified atom stereocenters. The van der Waals surface area contributed by atoms with Crippen molar-refractivity contribution in [1.29, 1.82) is 0 Å². The summed E-state index contributed by atoms with van der Waals surface area (Å²) in [5.41, 5.74) is 7.58. The Hall–Kier alpha value is -4.37. The van der Waals surface area contributed by atoms with Crippen molar-refractivity contribution in [2.45, 2.75) is 6.92 Å². The second-order valence-corrected chi connectivity index (χ2v) is 7.95. The maximum Gasteiger partial charge on any atom is 0.255 e. The van der Waals surface area contributed by atoms with Crippen LogP contribution in [0.4, 0.5) is 10.1 Å². The number of furan rings is 1. The number of amides is 2. The zero-order chi connectivity index (χ0) is 25.8. The first kappa shape index (κ1) is 24.7. The van der Waals surface area contributed by atoms with Crippen LogP contribution in [0.3, 0.4) is 0 Å². The number of benzene rings is 3. The predicted octanol–water partition coefficient (Wildman–Crippen LogP) is 4.71. The third-order valence-corrected chi connectivity index (χ3v) is 5.63. The molecule has 8 nitrogen and oxygen atoms in total. The fourth-order valence-electron chi connectivity index (χ4n) is 3.93. The highest BCUT2D eigenvalue weighted by Gasteiger charge is 2.25. The van der Waals surface area contributed by atoms with Crippen LogP contribution in [-0.2, 0) is 4.79 Å². The van der Waals surface area contributed by atoms with E-state index in [2.05, 4.69) is 5.32 Å². The average molecular weight is 492 g/mol. The van der Waals surface area contributed by atoms with Crippen LogP contribution in [0.1, 0.15) is 17.3 Å². The van der Waals surface area contributed by atoms with E-state index in [1.165, 1.54) is 50.2 Å². The molecule has 36 heavy (non-hydrogen) atoms. The van der Waals surface area contributed by atoms with Gasteiger partial charge in [0, 0.05) is 44.1 Å². The van der Waals surface area contributed by atoms with E-state index in [9.17, 15) is 14.0 Å². The molecule has 0 aliphatic carbocycles. The third kappa shape index (κ3) is 4.87. The van der Waals surface area contributed by atoms with Gasteiger partial charge in [-0.25, -0.2) is 4.39 Å². The summed E-state index contributed by atoms with van der Waals surface area (Å²) in [5.74, 6) is 0.899. The lowest BCUT2D eigenvalue weighted by atomic mass is 10.0. The van der Waals surface area contributed by atoms with E-state index in [0.717, 1.165) is 0 Å². The van der Waals surface area contributed by atoms with E-state index in [-0.39, 0.29) is 24.2 Å². The lowest BCUT2D eigenvalue weighted by molar-refractivity contribution is -0.116. The molecular weight excluding hydrogens is 465 g/mol. The summed E-state index contributed by atoms with van der Waals surface area (Å²) in [4.78, 5) is 26.7. The lowest BCUT2D eigenvalue weighted by Gasteiger charge is -2.22. The van der Waals surface area contributed by atoms with Gasteiger partial charge in [-0.05, 0) is 54.6 Å². The Morgan fingerprint density at radius 1 is 1.06 bits per heavy atom. The van der Waals surface area contributed by atoms with Gasteiger partial charge in [-0.1, -0.05) is 0 Å². The molecule has 1 heterocycles. The molecule has 0 spiro atoms. The maximum atomic E-state index is 13.1. The number of hydrogen-bond acceptors (Lipinski definition) is 6. The molecule has 9 heteroatoms. The zero-order valence-electron chi connectivity index (χ0n) is 20.1. The van der Waals surface area contributed by atoms with Crippen LogP contribution >= 0.6 is 0 Å². The van der Waals surface area contributed by atoms with Gasteiger partial charge in [-0.3, -0.25) is 9.59 Å². The van der Waals surface area contributed by atoms with E-state index in [4.69, 9.17) is 19.6 Å². The molecule has 0 fully saturated rings. The summed E-state index contributed by atoms with van der Waals surface area (Å²) in [7, 11) is 3.03. The van der Waals surface area contributed by atoms with Gasteiger partial charge < -0.3 is 29.8 Å². The van der Waals surface area contributed by atoms with Crippen LogP contribution in [0.25, 0.3) is 22.3 Å². The number of halogens is 1. The van der Waals surface area contributed by atoms with Crippen LogP contribution in [0.5, 0.6) is 17.2 Å². The molecule has 3 N–H and O–H groups in total. The smallest absolute Gasteiger partial charge is 0.255 e. The summed E-state index contributed by atoms with van der Waals surface area (Å²) in [6.45, 7) is 2.00. The first-order chi connectivity index (χ1) is 17.4. The number of fused-ring (bicyclic) bond motifs is 1. The molecule has 0 aliphatic rings. The number of nitrogens with zero attached hydrogens (tertiary/aromatic N) is 1. The minimum atomic E-state index is -0.349. The second-order valence-electron chi connectivity index (χ2n) is 7.95. The Morgan fingerprint density at radius 2 is 1.69 bits per heavy atom. The van der Waals surface area contributed by atoms with Crippen molar-refractivity contribution in [3.63, 3.8) is 0 Å². The van der Waals surface area contributed by atoms with Gasteiger partial charge in [-0.15, -0.1) is 0 Å². The standard InChI is InChI=1S/C27H26FN3O5/c1-16(32)31(13-12-29)22-15-23-21(14-24(22)34-3)25(27(33)30-2)26(36-23)17-4-8-19(9-5-17)35-20-10-6-18(28)7-11-20/h4-11,14-15H,12-13,29H2,1-3H3,(H,30,33). The summed E-state index contributed by atoms with van der Waals surface area (Å²) in [6.07, 6.45) is 0. The predicted molar refractivity (Wildman–Crippen MR) is 135 cm³/mol. The van der Waals surface area contributed by atoms with Gasteiger partial charge in [-0.2, -0.15) is 0 Å². The number of rotatable bonds is 8. The SMILES string of the molecule is CNC(=O)c1c(-c2ccc(Oc3ccc(F)cc3)cc2)oc2cc(N(CCN)C(C)=O)c(OC)cc12. The fraction of sp³-hybridized carbons (Fsp3) is 0.185. The van der Waals surface area contributed by atoms with Crippen molar-refractivity contribution in [3.8, 4) is 28.6 Å². The molecule has 0 saturated carbocycles. The van der Waals surface area contributed by atoms with E-state index < -0.39 is 0 Å². The summed E-state index contributed by atoms with van der Waals surface area (Å²) >= 11 is 0. The Kier molecular flexibility index (Phi) is 7.21. The molecule has 0 radical (unpaired) electrons. The zero-order valence-corrected chi connectivity index (χ0v) is 20.1. The maximum absolute atomic E-state index is 13.1. The Bertz CT molecular complexity index is 1400. The van der Waals surface area contributed by atoms with Gasteiger partial charge in [0.1, 0.15) is 34.4 Å². The molecule has 186 valence electrons. The number of ether oxygens (including phenoxy) is 2. The van der Waals surface area contributed by atoms with Gasteiger partial charge in [0.15, 0.2) is 0 Å². The number of hydrogen-bond donors (Lipinski definition) is 2. The molecule has 0 bridgehead atoms. The highest BCUT2D eigenvalue weighted by molar-refractivity contribution is 6.12. The van der Waals surface area contributed by atoms with Crippen molar-refractivity contribution in [2.75, 3.05) is 32.1 Å². The number of nitrogens with one attached hydrogen (secondary N) is 1. The van der Waals surface area contributed by atoms with Gasteiger partial charge in [0.05, 0.1) is 18.4 Å². The van der Waals surface area contributed by atoms with Crippen molar-refractivity contribution in [1.82, 2.24) is 5.32 Å². The van der Waals surface area contributed by atoms with Crippen LogP contribution in [0.2, 0.25) is 0 Å². The van der Waals surface area contributed by atoms with E-state index in [1.54, 1.807) is 36.4 Å². The fourth-order valence-corrected chi connectivity index (χ4v) is 3.93. The van der Waals surface area contributed by atoms with Crippen molar-refractivity contribution in [2.24, 2.45) is 5.73 Å². The van der Waals surface area contributed by atoms with Crippen LogP contribution in [-0.4, -0.2) is 39.1 Å². The van der Waals surface area contributed by atoms with Crippen molar-refractivity contribution in [3.05, 3.63) is 72.0 Å². The monoisotopic (exact) mass is 491 g/mol. The van der Waals surface area contributed by atoms with E-state index in [1.807, 2.05) is 0 Å². The molecule has 1 aromatic heterocycles. The Morgan fingerprint density at radius 3 is 2.25 bits per heavy atom. The lowest BCUT2D eigenvalue weighted by Crippen LogP contribution is -2.33. The third-order valence-electron chi connectivity index (χ3n) is 5.63. The van der Waals surface area contributed by atoms with Gasteiger partial charge in [0.2, 0.25) is 5.91 Å². The number of carbonyl (C=O) groups excluding carboxylic acids is 2. The summed E-state index contributed by atoms with van der Waals surface area (Å²) in [6, 6.07) is 16.0. The first-order valence-corrected chi connectivity index (χ1v) is 11.2. The summed E-state index contributed by atoms with van der Waals surface area (Å²) < 4.78 is 30.6. The van der Waals surface area contributed by atoms with Gasteiger partial charge in [0.25, 0.3) is 5.91 Å². The minimum absolute atomic E-state index is 0.201. The molecular formula is C27H26FN3O5. The number of carbonyl (C=O) groups is 2. The average Bonchev–Trinajstić information content (AvgIpc) is 3.26. The van der Waals surface area contributed by atoms with Crippen LogP contribution < -0.4 is 25.4 Å². The molecule has 3 aromatic carbocycles. The molecule has 4 rings (SSSR count). The highest BCUT2D eigenvalue weighted by Crippen LogP contribution is 2.40. The van der Waals surface area contributed by atoms with Gasteiger partial charge >= 0.3 is 0 Å². The van der Waals surface area contributed by atoms with E-state index >= 15 is 0 Å².